The zero-order chi connectivity index (χ0) is 12.0. The van der Waals surface area contributed by atoms with Crippen LogP contribution in [0.3, 0.4) is 0 Å². The van der Waals surface area contributed by atoms with Gasteiger partial charge in [-0.15, -0.1) is 0 Å². The van der Waals surface area contributed by atoms with Crippen molar-refractivity contribution in [2.45, 2.75) is 32.3 Å². The molecule has 0 saturated carbocycles. The Morgan fingerprint density at radius 2 is 2.06 bits per heavy atom. The number of carboxylic acid groups (broad SMARTS) is 1. The maximum atomic E-state index is 10.5. The van der Waals surface area contributed by atoms with Crippen molar-refractivity contribution in [2.75, 3.05) is 0 Å². The minimum Gasteiger partial charge on any atom is -0.490 e. The molecular formula is C12H15BrO3. The summed E-state index contributed by atoms with van der Waals surface area (Å²) in [5.74, 6) is -0.00158. The van der Waals surface area contributed by atoms with Crippen LogP contribution in [-0.4, -0.2) is 17.2 Å². The Labute approximate surface area is 104 Å². The zero-order valence-electron chi connectivity index (χ0n) is 9.15. The van der Waals surface area contributed by atoms with Crippen LogP contribution in [0, 0.1) is 0 Å². The lowest BCUT2D eigenvalue weighted by Crippen LogP contribution is -2.16. The molecular weight excluding hydrogens is 272 g/mol. The van der Waals surface area contributed by atoms with Crippen molar-refractivity contribution in [1.82, 2.24) is 0 Å². The van der Waals surface area contributed by atoms with Crippen LogP contribution in [0.2, 0.25) is 0 Å². The fraction of sp³-hybridized carbons (Fsp3) is 0.417. The predicted molar refractivity (Wildman–Crippen MR) is 65.7 cm³/mol. The summed E-state index contributed by atoms with van der Waals surface area (Å²) < 4.78 is 6.68. The van der Waals surface area contributed by atoms with E-state index in [-0.39, 0.29) is 12.5 Å². The Morgan fingerprint density at radius 3 is 2.56 bits per heavy atom. The first-order valence-corrected chi connectivity index (χ1v) is 6.05. The summed E-state index contributed by atoms with van der Waals surface area (Å²) in [7, 11) is 0. The standard InChI is InChI=1S/C12H15BrO3/c1-2-10(7-8-12(14)15)16-11-5-3-9(13)4-6-11/h3-6,10H,2,7-8H2,1H3,(H,14,15). The van der Waals surface area contributed by atoms with Gasteiger partial charge >= 0.3 is 5.97 Å². The molecule has 0 aliphatic carbocycles. The molecule has 0 saturated heterocycles. The molecule has 88 valence electrons. The minimum atomic E-state index is -0.780. The average Bonchev–Trinajstić information content (AvgIpc) is 2.26. The number of carbonyl (C=O) groups is 1. The van der Waals surface area contributed by atoms with Gasteiger partial charge in [-0.3, -0.25) is 4.79 Å². The predicted octanol–water partition coefficient (Wildman–Crippen LogP) is 3.47. The first kappa shape index (κ1) is 13.0. The normalized spacial score (nSPS) is 12.1. The quantitative estimate of drug-likeness (QED) is 0.871. The monoisotopic (exact) mass is 286 g/mol. The summed E-state index contributed by atoms with van der Waals surface area (Å²) in [6.07, 6.45) is 1.47. The SMILES string of the molecule is CCC(CCC(=O)O)Oc1ccc(Br)cc1. The van der Waals surface area contributed by atoms with Crippen molar-refractivity contribution in [2.24, 2.45) is 0 Å². The number of hydrogen-bond donors (Lipinski definition) is 1. The first-order valence-electron chi connectivity index (χ1n) is 5.26. The van der Waals surface area contributed by atoms with E-state index in [4.69, 9.17) is 9.84 Å². The van der Waals surface area contributed by atoms with E-state index in [1.165, 1.54) is 0 Å². The van der Waals surface area contributed by atoms with Crippen molar-refractivity contribution in [3.05, 3.63) is 28.7 Å². The van der Waals surface area contributed by atoms with E-state index in [9.17, 15) is 4.79 Å². The number of aliphatic carboxylic acids is 1. The van der Waals surface area contributed by atoms with Crippen molar-refractivity contribution in [3.8, 4) is 5.75 Å². The van der Waals surface area contributed by atoms with E-state index in [1.807, 2.05) is 31.2 Å². The van der Waals surface area contributed by atoms with Crippen LogP contribution in [-0.2, 0) is 4.79 Å². The fourth-order valence-corrected chi connectivity index (χ4v) is 1.60. The minimum absolute atomic E-state index is 0.0303. The Kier molecular flexibility index (Phi) is 5.32. The van der Waals surface area contributed by atoms with Gasteiger partial charge in [0.25, 0.3) is 0 Å². The smallest absolute Gasteiger partial charge is 0.303 e. The Balaban J connectivity index is 2.49. The van der Waals surface area contributed by atoms with Crippen molar-refractivity contribution in [3.63, 3.8) is 0 Å². The van der Waals surface area contributed by atoms with Gasteiger partial charge in [0.2, 0.25) is 0 Å². The number of carboxylic acids is 1. The van der Waals surface area contributed by atoms with Crippen LogP contribution in [0.1, 0.15) is 26.2 Å². The number of hydrogen-bond acceptors (Lipinski definition) is 2. The van der Waals surface area contributed by atoms with E-state index in [0.29, 0.717) is 6.42 Å². The maximum Gasteiger partial charge on any atom is 0.303 e. The lowest BCUT2D eigenvalue weighted by atomic mass is 10.1. The third kappa shape index (κ3) is 4.66. The number of ether oxygens (including phenoxy) is 1. The molecule has 1 aromatic carbocycles. The zero-order valence-corrected chi connectivity index (χ0v) is 10.7. The molecule has 0 fully saturated rings. The molecule has 1 atom stereocenters. The molecule has 0 heterocycles. The molecule has 0 amide bonds. The van der Waals surface area contributed by atoms with E-state index in [1.54, 1.807) is 0 Å². The third-order valence-electron chi connectivity index (χ3n) is 2.25. The van der Waals surface area contributed by atoms with Crippen LogP contribution >= 0.6 is 15.9 Å². The van der Waals surface area contributed by atoms with Crippen molar-refractivity contribution < 1.29 is 14.6 Å². The van der Waals surface area contributed by atoms with Gasteiger partial charge in [-0.05, 0) is 37.1 Å². The van der Waals surface area contributed by atoms with Gasteiger partial charge in [0.15, 0.2) is 0 Å². The Bertz CT molecular complexity index is 335. The van der Waals surface area contributed by atoms with E-state index >= 15 is 0 Å². The van der Waals surface area contributed by atoms with Gasteiger partial charge in [0.1, 0.15) is 5.75 Å². The molecule has 1 unspecified atom stereocenters. The van der Waals surface area contributed by atoms with E-state index in [0.717, 1.165) is 16.6 Å². The number of halogens is 1. The highest BCUT2D eigenvalue weighted by Gasteiger charge is 2.10. The molecule has 0 aliphatic heterocycles. The van der Waals surface area contributed by atoms with Crippen LogP contribution in [0.15, 0.2) is 28.7 Å². The summed E-state index contributed by atoms with van der Waals surface area (Å²) in [5, 5.41) is 8.60. The second kappa shape index (κ2) is 6.53. The second-order valence-corrected chi connectivity index (χ2v) is 4.45. The molecule has 1 rings (SSSR count). The molecule has 1 N–H and O–H groups in total. The summed E-state index contributed by atoms with van der Waals surface area (Å²) in [6, 6.07) is 7.54. The molecule has 16 heavy (non-hydrogen) atoms. The fourth-order valence-electron chi connectivity index (χ4n) is 1.34. The summed E-state index contributed by atoms with van der Waals surface area (Å²) >= 11 is 3.35. The van der Waals surface area contributed by atoms with E-state index < -0.39 is 5.97 Å². The molecule has 0 bridgehead atoms. The highest BCUT2D eigenvalue weighted by molar-refractivity contribution is 9.10. The highest BCUT2D eigenvalue weighted by Crippen LogP contribution is 2.19. The molecule has 0 spiro atoms. The van der Waals surface area contributed by atoms with Gasteiger partial charge < -0.3 is 9.84 Å². The first-order chi connectivity index (χ1) is 7.61. The van der Waals surface area contributed by atoms with Crippen LogP contribution in [0.25, 0.3) is 0 Å². The molecule has 1 aromatic rings. The molecule has 4 heteroatoms. The lowest BCUT2D eigenvalue weighted by molar-refractivity contribution is -0.137. The topological polar surface area (TPSA) is 46.5 Å². The van der Waals surface area contributed by atoms with Gasteiger partial charge in [-0.25, -0.2) is 0 Å². The van der Waals surface area contributed by atoms with Crippen LogP contribution in [0.4, 0.5) is 0 Å². The average molecular weight is 287 g/mol. The van der Waals surface area contributed by atoms with Crippen LogP contribution in [0.5, 0.6) is 5.75 Å². The molecule has 0 aromatic heterocycles. The second-order valence-electron chi connectivity index (χ2n) is 3.53. The summed E-state index contributed by atoms with van der Waals surface area (Å²) in [5.41, 5.74) is 0. The van der Waals surface area contributed by atoms with Gasteiger partial charge in [0.05, 0.1) is 6.10 Å². The molecule has 0 radical (unpaired) electrons. The van der Waals surface area contributed by atoms with Crippen LogP contribution < -0.4 is 4.74 Å². The maximum absolute atomic E-state index is 10.5. The molecule has 0 aliphatic rings. The number of rotatable bonds is 6. The molecule has 3 nitrogen and oxygen atoms in total. The summed E-state index contributed by atoms with van der Waals surface area (Å²) in [6.45, 7) is 1.99. The third-order valence-corrected chi connectivity index (χ3v) is 2.78. The van der Waals surface area contributed by atoms with Crippen molar-refractivity contribution >= 4 is 21.9 Å². The highest BCUT2D eigenvalue weighted by atomic mass is 79.9. The largest absolute Gasteiger partial charge is 0.490 e. The lowest BCUT2D eigenvalue weighted by Gasteiger charge is -2.16. The summed E-state index contributed by atoms with van der Waals surface area (Å²) in [4.78, 5) is 10.5. The van der Waals surface area contributed by atoms with Gasteiger partial charge in [-0.1, -0.05) is 22.9 Å². The van der Waals surface area contributed by atoms with Crippen molar-refractivity contribution in [1.29, 1.82) is 0 Å². The Hall–Kier alpha value is -1.03. The van der Waals surface area contributed by atoms with Gasteiger partial charge in [-0.2, -0.15) is 0 Å². The Morgan fingerprint density at radius 1 is 1.44 bits per heavy atom. The number of benzene rings is 1. The van der Waals surface area contributed by atoms with Gasteiger partial charge in [0, 0.05) is 10.9 Å². The van der Waals surface area contributed by atoms with E-state index in [2.05, 4.69) is 15.9 Å².